The molecule has 0 aromatic heterocycles. The average Bonchev–Trinajstić information content (AvgIpc) is 2.92. The normalized spacial score (nSPS) is 16.4. The van der Waals surface area contributed by atoms with Crippen LogP contribution in [0.2, 0.25) is 0 Å². The SMILES string of the molecule is C=CCOc1c(I)cc(/C=C2/SC(=O)N(C(C)C(=O)OC)C2=O)cc1OC. The van der Waals surface area contributed by atoms with Gasteiger partial charge in [-0.3, -0.25) is 14.5 Å². The van der Waals surface area contributed by atoms with Crippen LogP contribution >= 0.6 is 34.4 Å². The number of methoxy groups -OCH3 is 2. The van der Waals surface area contributed by atoms with Gasteiger partial charge in [0.05, 0.1) is 22.7 Å². The number of esters is 1. The molecule has 0 saturated carbocycles. The van der Waals surface area contributed by atoms with Gasteiger partial charge in [-0.2, -0.15) is 0 Å². The number of hydrogen-bond donors (Lipinski definition) is 0. The molecule has 1 unspecified atom stereocenters. The van der Waals surface area contributed by atoms with E-state index in [2.05, 4.69) is 33.9 Å². The highest BCUT2D eigenvalue weighted by atomic mass is 127. The first kappa shape index (κ1) is 21.3. The summed E-state index contributed by atoms with van der Waals surface area (Å²) < 4.78 is 16.4. The van der Waals surface area contributed by atoms with Crippen LogP contribution in [0.15, 0.2) is 29.7 Å². The van der Waals surface area contributed by atoms with Crippen molar-refractivity contribution in [3.05, 3.63) is 38.8 Å². The Kier molecular flexibility index (Phi) is 7.31. The molecule has 2 rings (SSSR count). The second-order valence-electron chi connectivity index (χ2n) is 5.38. The zero-order chi connectivity index (χ0) is 20.1. The molecule has 1 atom stereocenters. The summed E-state index contributed by atoms with van der Waals surface area (Å²) in [4.78, 5) is 37.5. The average molecular weight is 503 g/mol. The van der Waals surface area contributed by atoms with E-state index < -0.39 is 23.2 Å². The minimum Gasteiger partial charge on any atom is -0.493 e. The van der Waals surface area contributed by atoms with Crippen molar-refractivity contribution in [1.29, 1.82) is 0 Å². The molecule has 7 nitrogen and oxygen atoms in total. The lowest BCUT2D eigenvalue weighted by molar-refractivity contribution is -0.148. The molecule has 0 radical (unpaired) electrons. The fourth-order valence-electron chi connectivity index (χ4n) is 2.35. The summed E-state index contributed by atoms with van der Waals surface area (Å²) in [6, 6.07) is 2.52. The zero-order valence-corrected chi connectivity index (χ0v) is 18.0. The smallest absolute Gasteiger partial charge is 0.328 e. The fourth-order valence-corrected chi connectivity index (χ4v) is 4.04. The fraction of sp³-hybridized carbons (Fsp3) is 0.278. The first-order valence-electron chi connectivity index (χ1n) is 7.80. The van der Waals surface area contributed by atoms with Gasteiger partial charge in [-0.1, -0.05) is 12.7 Å². The van der Waals surface area contributed by atoms with E-state index in [-0.39, 0.29) is 4.91 Å². The van der Waals surface area contributed by atoms with Gasteiger partial charge in [0.2, 0.25) is 0 Å². The summed E-state index contributed by atoms with van der Waals surface area (Å²) in [6.45, 7) is 5.39. The third kappa shape index (κ3) is 4.64. The third-order valence-corrected chi connectivity index (χ3v) is 5.33. The van der Waals surface area contributed by atoms with Crippen molar-refractivity contribution in [3.8, 4) is 11.5 Å². The van der Waals surface area contributed by atoms with E-state index in [9.17, 15) is 14.4 Å². The van der Waals surface area contributed by atoms with E-state index in [1.165, 1.54) is 21.1 Å². The molecule has 1 aliphatic rings. The van der Waals surface area contributed by atoms with Crippen molar-refractivity contribution >= 4 is 57.5 Å². The van der Waals surface area contributed by atoms with Gasteiger partial charge in [0, 0.05) is 0 Å². The quantitative estimate of drug-likeness (QED) is 0.244. The molecular formula is C18H18INO6S. The highest BCUT2D eigenvalue weighted by Gasteiger charge is 2.41. The lowest BCUT2D eigenvalue weighted by Gasteiger charge is -2.18. The Morgan fingerprint density at radius 3 is 2.67 bits per heavy atom. The van der Waals surface area contributed by atoms with Crippen LogP contribution in [0.4, 0.5) is 4.79 Å². The number of imide groups is 1. The Balaban J connectivity index is 2.35. The molecule has 0 aliphatic carbocycles. The summed E-state index contributed by atoms with van der Waals surface area (Å²) in [6.07, 6.45) is 3.21. The first-order chi connectivity index (χ1) is 12.8. The molecule has 1 aromatic rings. The van der Waals surface area contributed by atoms with Crippen molar-refractivity contribution in [2.24, 2.45) is 0 Å². The number of carbonyl (C=O) groups excluding carboxylic acids is 3. The number of thioether (sulfide) groups is 1. The number of hydrogen-bond acceptors (Lipinski definition) is 7. The summed E-state index contributed by atoms with van der Waals surface area (Å²) in [5, 5.41) is -0.517. The van der Waals surface area contributed by atoms with E-state index in [0.717, 1.165) is 20.2 Å². The number of benzene rings is 1. The Labute approximate surface area is 174 Å². The summed E-state index contributed by atoms with van der Waals surface area (Å²) in [5.74, 6) is -0.123. The molecule has 1 heterocycles. The topological polar surface area (TPSA) is 82.1 Å². The molecule has 0 spiro atoms. The second kappa shape index (κ2) is 9.27. The number of amides is 2. The minimum absolute atomic E-state index is 0.216. The van der Waals surface area contributed by atoms with Crippen LogP contribution in [0.5, 0.6) is 11.5 Å². The number of carbonyl (C=O) groups is 3. The third-order valence-electron chi connectivity index (χ3n) is 3.65. The van der Waals surface area contributed by atoms with Gasteiger partial charge in [-0.15, -0.1) is 0 Å². The molecule has 1 aromatic carbocycles. The monoisotopic (exact) mass is 503 g/mol. The van der Waals surface area contributed by atoms with Gasteiger partial charge in [-0.25, -0.2) is 4.79 Å². The Bertz CT molecular complexity index is 822. The molecule has 144 valence electrons. The van der Waals surface area contributed by atoms with Gasteiger partial charge in [-0.05, 0) is 65.0 Å². The molecule has 1 saturated heterocycles. The standard InChI is InChI=1S/C18H18INO6S/c1-5-6-26-15-12(19)7-11(8-13(15)24-3)9-14-16(21)20(18(23)27-14)10(2)17(22)25-4/h5,7-10H,1,6H2,2-4H3/b14-9+. The summed E-state index contributed by atoms with van der Waals surface area (Å²) in [5.41, 5.74) is 0.665. The number of ether oxygens (including phenoxy) is 3. The van der Waals surface area contributed by atoms with Crippen LogP contribution in [0.25, 0.3) is 6.08 Å². The van der Waals surface area contributed by atoms with Crippen molar-refractivity contribution in [3.63, 3.8) is 0 Å². The molecule has 1 aliphatic heterocycles. The summed E-state index contributed by atoms with van der Waals surface area (Å²) >= 11 is 2.87. The Morgan fingerprint density at radius 2 is 2.07 bits per heavy atom. The maximum Gasteiger partial charge on any atom is 0.328 e. The molecule has 0 N–H and O–H groups in total. The van der Waals surface area contributed by atoms with Crippen LogP contribution in [0.3, 0.4) is 0 Å². The van der Waals surface area contributed by atoms with Gasteiger partial charge >= 0.3 is 5.97 Å². The highest BCUT2D eigenvalue weighted by molar-refractivity contribution is 14.1. The molecule has 2 amide bonds. The van der Waals surface area contributed by atoms with Crippen LogP contribution in [0, 0.1) is 3.57 Å². The largest absolute Gasteiger partial charge is 0.493 e. The molecule has 0 bridgehead atoms. The first-order valence-corrected chi connectivity index (χ1v) is 9.69. The number of nitrogens with zero attached hydrogens (tertiary/aromatic N) is 1. The Morgan fingerprint density at radius 1 is 1.37 bits per heavy atom. The van der Waals surface area contributed by atoms with Crippen LogP contribution < -0.4 is 9.47 Å². The van der Waals surface area contributed by atoms with Crippen LogP contribution in [-0.4, -0.2) is 48.9 Å². The minimum atomic E-state index is -0.988. The second-order valence-corrected chi connectivity index (χ2v) is 7.54. The Hall–Kier alpha value is -2.01. The van der Waals surface area contributed by atoms with E-state index in [1.807, 2.05) is 0 Å². The molecule has 27 heavy (non-hydrogen) atoms. The lowest BCUT2D eigenvalue weighted by atomic mass is 10.1. The number of rotatable bonds is 7. The van der Waals surface area contributed by atoms with Crippen molar-refractivity contribution in [2.45, 2.75) is 13.0 Å². The highest BCUT2D eigenvalue weighted by Crippen LogP contribution is 2.37. The molecule has 9 heteroatoms. The lowest BCUT2D eigenvalue weighted by Crippen LogP contribution is -2.42. The molecular weight excluding hydrogens is 485 g/mol. The van der Waals surface area contributed by atoms with E-state index in [1.54, 1.807) is 24.3 Å². The van der Waals surface area contributed by atoms with Crippen molar-refractivity contribution < 1.29 is 28.6 Å². The van der Waals surface area contributed by atoms with E-state index in [4.69, 9.17) is 9.47 Å². The van der Waals surface area contributed by atoms with Crippen LogP contribution in [-0.2, 0) is 14.3 Å². The molecule has 1 fully saturated rings. The number of halogens is 1. The maximum atomic E-state index is 12.6. The van der Waals surface area contributed by atoms with Gasteiger partial charge in [0.15, 0.2) is 11.5 Å². The van der Waals surface area contributed by atoms with Gasteiger partial charge in [0.1, 0.15) is 12.6 Å². The van der Waals surface area contributed by atoms with Gasteiger partial charge in [0.25, 0.3) is 11.1 Å². The van der Waals surface area contributed by atoms with E-state index in [0.29, 0.717) is 23.7 Å². The van der Waals surface area contributed by atoms with Crippen LogP contribution in [0.1, 0.15) is 12.5 Å². The van der Waals surface area contributed by atoms with Crippen molar-refractivity contribution in [2.75, 3.05) is 20.8 Å². The predicted molar refractivity (Wildman–Crippen MR) is 111 cm³/mol. The van der Waals surface area contributed by atoms with Crippen molar-refractivity contribution in [1.82, 2.24) is 4.90 Å². The summed E-state index contributed by atoms with van der Waals surface area (Å²) in [7, 11) is 2.72. The maximum absolute atomic E-state index is 12.6. The zero-order valence-electron chi connectivity index (χ0n) is 15.0. The van der Waals surface area contributed by atoms with Gasteiger partial charge < -0.3 is 14.2 Å². The predicted octanol–water partition coefficient (Wildman–Crippen LogP) is 3.46. The van der Waals surface area contributed by atoms with E-state index >= 15 is 0 Å².